The Morgan fingerprint density at radius 1 is 1.10 bits per heavy atom. The highest BCUT2D eigenvalue weighted by molar-refractivity contribution is 9.10. The van der Waals surface area contributed by atoms with Gasteiger partial charge in [-0.15, -0.1) is 0 Å². The van der Waals surface area contributed by atoms with Crippen molar-refractivity contribution >= 4 is 27.5 Å². The van der Waals surface area contributed by atoms with Crippen LogP contribution in [0.15, 0.2) is 46.9 Å². The Morgan fingerprint density at radius 2 is 1.90 bits per heavy atom. The van der Waals surface area contributed by atoms with Crippen molar-refractivity contribution in [3.05, 3.63) is 68.9 Å². The molecule has 21 heavy (non-hydrogen) atoms. The van der Waals surface area contributed by atoms with Gasteiger partial charge in [0.2, 0.25) is 0 Å². The molecule has 1 fully saturated rings. The van der Waals surface area contributed by atoms with Crippen LogP contribution < -0.4 is 5.32 Å². The number of halogens is 3. The predicted molar refractivity (Wildman–Crippen MR) is 88.5 cm³/mol. The van der Waals surface area contributed by atoms with Crippen LogP contribution in [0.3, 0.4) is 0 Å². The van der Waals surface area contributed by atoms with Crippen molar-refractivity contribution in [2.75, 3.05) is 13.1 Å². The van der Waals surface area contributed by atoms with E-state index in [0.29, 0.717) is 11.8 Å². The van der Waals surface area contributed by atoms with E-state index in [0.717, 1.165) is 40.1 Å². The third kappa shape index (κ3) is 3.15. The first-order valence-electron chi connectivity index (χ1n) is 7.07. The van der Waals surface area contributed by atoms with Gasteiger partial charge in [-0.3, -0.25) is 0 Å². The lowest BCUT2D eigenvalue weighted by atomic mass is 9.77. The van der Waals surface area contributed by atoms with Crippen molar-refractivity contribution in [2.45, 2.75) is 18.3 Å². The third-order valence-corrected chi connectivity index (χ3v) is 5.18. The summed E-state index contributed by atoms with van der Waals surface area (Å²) in [5.74, 6) is 0.421. The van der Waals surface area contributed by atoms with Crippen LogP contribution in [0.25, 0.3) is 0 Å². The van der Waals surface area contributed by atoms with Crippen LogP contribution in [-0.2, 0) is 0 Å². The maximum absolute atomic E-state index is 13.3. The van der Waals surface area contributed by atoms with Gasteiger partial charge in [-0.1, -0.05) is 51.8 Å². The lowest BCUT2D eigenvalue weighted by Crippen LogP contribution is -2.34. The summed E-state index contributed by atoms with van der Waals surface area (Å²) in [5.41, 5.74) is 2.32. The minimum Gasteiger partial charge on any atom is -0.316 e. The lowest BCUT2D eigenvalue weighted by Gasteiger charge is -2.34. The van der Waals surface area contributed by atoms with Gasteiger partial charge in [0.25, 0.3) is 0 Å². The molecule has 0 spiro atoms. The predicted octanol–water partition coefficient (Wildman–Crippen LogP) is 5.10. The zero-order valence-electron chi connectivity index (χ0n) is 11.5. The molecule has 1 aliphatic rings. The smallest absolute Gasteiger partial charge is 0.124 e. The molecular weight excluding hydrogens is 353 g/mol. The Bertz CT molecular complexity index is 646. The highest BCUT2D eigenvalue weighted by Gasteiger charge is 2.30. The number of benzene rings is 2. The minimum absolute atomic E-state index is 0.214. The van der Waals surface area contributed by atoms with Gasteiger partial charge in [-0.25, -0.2) is 4.39 Å². The van der Waals surface area contributed by atoms with Crippen LogP contribution >= 0.6 is 27.5 Å². The van der Waals surface area contributed by atoms with E-state index in [1.165, 1.54) is 6.07 Å². The van der Waals surface area contributed by atoms with Crippen molar-refractivity contribution in [1.82, 2.24) is 5.32 Å². The summed E-state index contributed by atoms with van der Waals surface area (Å²) in [4.78, 5) is 0. The van der Waals surface area contributed by atoms with Gasteiger partial charge >= 0.3 is 0 Å². The maximum Gasteiger partial charge on any atom is 0.124 e. The van der Waals surface area contributed by atoms with Crippen molar-refractivity contribution < 1.29 is 4.39 Å². The van der Waals surface area contributed by atoms with E-state index < -0.39 is 0 Å². The lowest BCUT2D eigenvalue weighted by molar-refractivity contribution is 0.403. The fourth-order valence-electron chi connectivity index (χ4n) is 3.14. The average Bonchev–Trinajstić information content (AvgIpc) is 2.48. The normalized spacial score (nSPS) is 22.2. The maximum atomic E-state index is 13.3. The SMILES string of the molecule is Fc1ccc(C2CCNCC2c2ccccc2Cl)c(Br)c1. The molecule has 0 radical (unpaired) electrons. The van der Waals surface area contributed by atoms with E-state index in [9.17, 15) is 4.39 Å². The molecule has 110 valence electrons. The Hall–Kier alpha value is -0.900. The largest absolute Gasteiger partial charge is 0.316 e. The second-order valence-electron chi connectivity index (χ2n) is 5.39. The Balaban J connectivity index is 2.00. The number of piperidine rings is 1. The van der Waals surface area contributed by atoms with E-state index in [1.807, 2.05) is 24.3 Å². The third-order valence-electron chi connectivity index (χ3n) is 4.15. The zero-order valence-corrected chi connectivity index (χ0v) is 13.8. The molecule has 2 atom stereocenters. The summed E-state index contributed by atoms with van der Waals surface area (Å²) >= 11 is 9.88. The fourth-order valence-corrected chi connectivity index (χ4v) is 4.06. The highest BCUT2D eigenvalue weighted by atomic mass is 79.9. The van der Waals surface area contributed by atoms with Crippen LogP contribution in [0.2, 0.25) is 5.02 Å². The molecule has 0 aliphatic carbocycles. The first kappa shape index (κ1) is 15.0. The standard InChI is InChI=1S/C17H16BrClFN/c18-16-9-11(20)5-6-13(16)12-7-8-21-10-15(12)14-3-1-2-4-17(14)19/h1-6,9,12,15,21H,7-8,10H2. The molecule has 0 bridgehead atoms. The fraction of sp³-hybridized carbons (Fsp3) is 0.294. The molecule has 2 aromatic rings. The Kier molecular flexibility index (Phi) is 4.63. The molecule has 0 aromatic heterocycles. The van der Waals surface area contributed by atoms with Crippen molar-refractivity contribution in [3.63, 3.8) is 0 Å². The number of hydrogen-bond acceptors (Lipinski definition) is 1. The number of nitrogens with one attached hydrogen (secondary N) is 1. The molecule has 1 N–H and O–H groups in total. The topological polar surface area (TPSA) is 12.0 Å². The Morgan fingerprint density at radius 3 is 2.67 bits per heavy atom. The Labute approximate surface area is 137 Å². The first-order valence-corrected chi connectivity index (χ1v) is 8.24. The van der Waals surface area contributed by atoms with Crippen molar-refractivity contribution in [1.29, 1.82) is 0 Å². The summed E-state index contributed by atoms with van der Waals surface area (Å²) in [6, 6.07) is 13.0. The van der Waals surface area contributed by atoms with Crippen LogP contribution in [-0.4, -0.2) is 13.1 Å². The van der Waals surface area contributed by atoms with E-state index in [1.54, 1.807) is 6.07 Å². The summed E-state index contributed by atoms with van der Waals surface area (Å²) in [7, 11) is 0. The van der Waals surface area contributed by atoms with Crippen molar-refractivity contribution in [2.24, 2.45) is 0 Å². The molecule has 2 aromatic carbocycles. The summed E-state index contributed by atoms with van der Waals surface area (Å²) < 4.78 is 14.2. The molecule has 1 heterocycles. The van der Waals surface area contributed by atoms with Crippen LogP contribution in [0, 0.1) is 5.82 Å². The van der Waals surface area contributed by atoms with Gasteiger partial charge in [0.1, 0.15) is 5.82 Å². The van der Waals surface area contributed by atoms with Gasteiger partial charge in [0.05, 0.1) is 0 Å². The summed E-state index contributed by atoms with van der Waals surface area (Å²) in [5, 5.41) is 4.24. The van der Waals surface area contributed by atoms with E-state index in [2.05, 4.69) is 27.3 Å². The van der Waals surface area contributed by atoms with E-state index in [4.69, 9.17) is 11.6 Å². The molecule has 1 nitrogen and oxygen atoms in total. The summed E-state index contributed by atoms with van der Waals surface area (Å²) in [6.45, 7) is 1.85. The number of hydrogen-bond donors (Lipinski definition) is 1. The monoisotopic (exact) mass is 367 g/mol. The van der Waals surface area contributed by atoms with Crippen molar-refractivity contribution in [3.8, 4) is 0 Å². The molecule has 1 saturated heterocycles. The average molecular weight is 369 g/mol. The molecule has 2 unspecified atom stereocenters. The van der Waals surface area contributed by atoms with Gasteiger partial charge in [0, 0.05) is 22.0 Å². The van der Waals surface area contributed by atoms with Gasteiger partial charge < -0.3 is 5.32 Å². The highest BCUT2D eigenvalue weighted by Crippen LogP contribution is 2.42. The molecule has 1 aliphatic heterocycles. The van der Waals surface area contributed by atoms with Crippen LogP contribution in [0.4, 0.5) is 4.39 Å². The van der Waals surface area contributed by atoms with Gasteiger partial charge in [0.15, 0.2) is 0 Å². The molecule has 0 amide bonds. The van der Waals surface area contributed by atoms with Crippen LogP contribution in [0.1, 0.15) is 29.4 Å². The first-order chi connectivity index (χ1) is 10.2. The second-order valence-corrected chi connectivity index (χ2v) is 6.65. The minimum atomic E-state index is -0.214. The zero-order chi connectivity index (χ0) is 14.8. The van der Waals surface area contributed by atoms with Gasteiger partial charge in [-0.05, 0) is 48.2 Å². The summed E-state index contributed by atoms with van der Waals surface area (Å²) in [6.07, 6.45) is 1.01. The van der Waals surface area contributed by atoms with E-state index in [-0.39, 0.29) is 5.82 Å². The second kappa shape index (κ2) is 6.47. The number of rotatable bonds is 2. The quantitative estimate of drug-likeness (QED) is 0.777. The molecule has 4 heteroatoms. The van der Waals surface area contributed by atoms with Gasteiger partial charge in [-0.2, -0.15) is 0 Å². The van der Waals surface area contributed by atoms with E-state index >= 15 is 0 Å². The molecular formula is C17H16BrClFN. The molecule has 0 saturated carbocycles. The van der Waals surface area contributed by atoms with Crippen LogP contribution in [0.5, 0.6) is 0 Å². The molecule has 3 rings (SSSR count).